The number of nitrogens with one attached hydrogen (secondary N) is 1. The lowest BCUT2D eigenvalue weighted by molar-refractivity contribution is -0.119. The first-order valence-electron chi connectivity index (χ1n) is 5.79. The van der Waals surface area contributed by atoms with Crippen LogP contribution in [-0.2, 0) is 4.79 Å². The number of hydrogen-bond donors (Lipinski definition) is 2. The second-order valence-corrected chi connectivity index (χ2v) is 4.96. The molecule has 21 heavy (non-hydrogen) atoms. The number of hydrogen-bond acceptors (Lipinski definition) is 4. The number of amides is 1. The summed E-state index contributed by atoms with van der Waals surface area (Å²) in [5.41, 5.74) is -0.0900. The maximum absolute atomic E-state index is 12.1. The molecule has 0 saturated heterocycles. The summed E-state index contributed by atoms with van der Waals surface area (Å²) in [5.74, 6) is -1.53. The van der Waals surface area contributed by atoms with Crippen LogP contribution in [-0.4, -0.2) is 31.7 Å². The molecule has 1 atom stereocenters. The molecule has 9 heteroatoms. The van der Waals surface area contributed by atoms with Crippen molar-refractivity contribution in [3.05, 3.63) is 40.3 Å². The minimum Gasteiger partial charge on any atom is -0.477 e. The van der Waals surface area contributed by atoms with Crippen molar-refractivity contribution >= 4 is 40.9 Å². The Bertz CT molecular complexity index is 702. The van der Waals surface area contributed by atoms with Crippen molar-refractivity contribution in [2.75, 3.05) is 5.32 Å². The Labute approximate surface area is 129 Å². The van der Waals surface area contributed by atoms with Gasteiger partial charge in [0, 0.05) is 12.4 Å². The molecule has 0 aromatic carbocycles. The second kappa shape index (κ2) is 6.11. The fourth-order valence-corrected chi connectivity index (χ4v) is 2.06. The van der Waals surface area contributed by atoms with Crippen LogP contribution in [0.15, 0.2) is 24.5 Å². The number of aromatic nitrogens is 3. The Morgan fingerprint density at radius 2 is 2.14 bits per heavy atom. The van der Waals surface area contributed by atoms with E-state index in [0.717, 1.165) is 4.68 Å². The number of nitrogens with zero attached hydrogens (tertiary/aromatic N) is 3. The van der Waals surface area contributed by atoms with Gasteiger partial charge in [0.25, 0.3) is 0 Å². The number of carboxylic acids is 1. The molecular weight excluding hydrogens is 319 g/mol. The summed E-state index contributed by atoms with van der Waals surface area (Å²) in [6.07, 6.45) is 2.64. The molecule has 0 spiro atoms. The molecule has 2 rings (SSSR count). The van der Waals surface area contributed by atoms with E-state index in [2.05, 4.69) is 15.4 Å². The van der Waals surface area contributed by atoms with Gasteiger partial charge < -0.3 is 10.4 Å². The molecule has 0 bridgehead atoms. The minimum atomic E-state index is -1.17. The first kappa shape index (κ1) is 15.3. The van der Waals surface area contributed by atoms with Crippen LogP contribution >= 0.6 is 23.2 Å². The SMILES string of the molecule is CC(C(=O)Nc1ncc(Cl)cc1Cl)n1nccc1C(=O)O. The van der Waals surface area contributed by atoms with Crippen LogP contribution in [0.1, 0.15) is 23.5 Å². The molecule has 0 aliphatic heterocycles. The van der Waals surface area contributed by atoms with Gasteiger partial charge in [-0.1, -0.05) is 23.2 Å². The van der Waals surface area contributed by atoms with Crippen molar-refractivity contribution in [1.82, 2.24) is 14.8 Å². The van der Waals surface area contributed by atoms with E-state index in [0.29, 0.717) is 5.02 Å². The van der Waals surface area contributed by atoms with E-state index in [1.165, 1.54) is 31.5 Å². The third-order valence-corrected chi connectivity index (χ3v) is 3.18. The lowest BCUT2D eigenvalue weighted by Crippen LogP contribution is -2.27. The molecule has 2 aromatic rings. The lowest BCUT2D eigenvalue weighted by Gasteiger charge is -2.14. The Kier molecular flexibility index (Phi) is 4.44. The number of carboxylic acid groups (broad SMARTS) is 1. The van der Waals surface area contributed by atoms with Gasteiger partial charge in [0.2, 0.25) is 5.91 Å². The maximum Gasteiger partial charge on any atom is 0.354 e. The first-order chi connectivity index (χ1) is 9.90. The summed E-state index contributed by atoms with van der Waals surface area (Å²) < 4.78 is 1.10. The monoisotopic (exact) mass is 328 g/mol. The van der Waals surface area contributed by atoms with Gasteiger partial charge in [-0.15, -0.1) is 0 Å². The third-order valence-electron chi connectivity index (χ3n) is 2.69. The molecule has 7 nitrogen and oxygen atoms in total. The summed E-state index contributed by atoms with van der Waals surface area (Å²) in [6, 6.07) is 1.90. The van der Waals surface area contributed by atoms with E-state index in [1.807, 2.05) is 0 Å². The highest BCUT2D eigenvalue weighted by atomic mass is 35.5. The van der Waals surface area contributed by atoms with Crippen molar-refractivity contribution in [2.45, 2.75) is 13.0 Å². The fraction of sp³-hybridized carbons (Fsp3) is 0.167. The zero-order chi connectivity index (χ0) is 15.6. The predicted molar refractivity (Wildman–Crippen MR) is 76.8 cm³/mol. The normalized spacial score (nSPS) is 12.0. The van der Waals surface area contributed by atoms with Crippen LogP contribution in [0.3, 0.4) is 0 Å². The van der Waals surface area contributed by atoms with Gasteiger partial charge in [0.15, 0.2) is 5.82 Å². The van der Waals surface area contributed by atoms with E-state index in [9.17, 15) is 9.59 Å². The number of halogens is 2. The number of pyridine rings is 1. The standard InChI is InChI=1S/C12H10Cl2N4O3/c1-6(18-9(12(20)21)2-3-16-18)11(19)17-10-8(14)4-7(13)5-15-10/h2-6H,1H3,(H,20,21)(H,15,17,19). The van der Waals surface area contributed by atoms with E-state index in [4.69, 9.17) is 28.3 Å². The van der Waals surface area contributed by atoms with Crippen molar-refractivity contribution in [2.24, 2.45) is 0 Å². The van der Waals surface area contributed by atoms with Crippen molar-refractivity contribution in [3.63, 3.8) is 0 Å². The molecule has 0 aliphatic rings. The molecule has 0 fully saturated rings. The smallest absolute Gasteiger partial charge is 0.354 e. The lowest BCUT2D eigenvalue weighted by atomic mass is 10.3. The van der Waals surface area contributed by atoms with Crippen LogP contribution in [0.5, 0.6) is 0 Å². The van der Waals surface area contributed by atoms with Gasteiger partial charge in [-0.25, -0.2) is 14.5 Å². The molecule has 1 unspecified atom stereocenters. The Balaban J connectivity index is 2.20. The predicted octanol–water partition coefficient (Wildman–Crippen LogP) is 2.48. The zero-order valence-corrected chi connectivity index (χ0v) is 12.3. The highest BCUT2D eigenvalue weighted by Crippen LogP contribution is 2.23. The number of anilines is 1. The molecule has 2 heterocycles. The molecule has 2 aromatic heterocycles. The quantitative estimate of drug-likeness (QED) is 0.898. The largest absolute Gasteiger partial charge is 0.477 e. The Hall–Kier alpha value is -2.12. The fourth-order valence-electron chi connectivity index (χ4n) is 1.63. The van der Waals surface area contributed by atoms with Gasteiger partial charge in [-0.2, -0.15) is 5.10 Å². The molecule has 0 saturated carbocycles. The molecule has 110 valence electrons. The van der Waals surface area contributed by atoms with E-state index >= 15 is 0 Å². The van der Waals surface area contributed by atoms with Crippen LogP contribution in [0, 0.1) is 0 Å². The van der Waals surface area contributed by atoms with Crippen LogP contribution in [0.25, 0.3) is 0 Å². The van der Waals surface area contributed by atoms with E-state index < -0.39 is 17.9 Å². The summed E-state index contributed by atoms with van der Waals surface area (Å²) in [5, 5.41) is 15.9. The molecule has 1 amide bonds. The average molecular weight is 329 g/mol. The summed E-state index contributed by atoms with van der Waals surface area (Å²) in [7, 11) is 0. The molecular formula is C12H10Cl2N4O3. The van der Waals surface area contributed by atoms with Gasteiger partial charge >= 0.3 is 5.97 Å². The van der Waals surface area contributed by atoms with Crippen LogP contribution < -0.4 is 5.32 Å². The molecule has 0 radical (unpaired) electrons. The van der Waals surface area contributed by atoms with E-state index in [1.54, 1.807) is 0 Å². The summed E-state index contributed by atoms with van der Waals surface area (Å²) >= 11 is 11.6. The van der Waals surface area contributed by atoms with Crippen molar-refractivity contribution in [1.29, 1.82) is 0 Å². The highest BCUT2D eigenvalue weighted by molar-refractivity contribution is 6.36. The average Bonchev–Trinajstić information content (AvgIpc) is 2.90. The third kappa shape index (κ3) is 3.32. The molecule has 2 N–H and O–H groups in total. The van der Waals surface area contributed by atoms with Gasteiger partial charge in [0.1, 0.15) is 11.7 Å². The van der Waals surface area contributed by atoms with Crippen molar-refractivity contribution in [3.8, 4) is 0 Å². The van der Waals surface area contributed by atoms with Gasteiger partial charge in [0.05, 0.1) is 10.0 Å². The number of carbonyl (C=O) groups excluding carboxylic acids is 1. The van der Waals surface area contributed by atoms with Crippen LogP contribution in [0.4, 0.5) is 5.82 Å². The van der Waals surface area contributed by atoms with Gasteiger partial charge in [-0.05, 0) is 19.1 Å². The first-order valence-corrected chi connectivity index (χ1v) is 6.54. The van der Waals surface area contributed by atoms with Crippen LogP contribution in [0.2, 0.25) is 10.0 Å². The number of aromatic carboxylic acids is 1. The van der Waals surface area contributed by atoms with Crippen molar-refractivity contribution < 1.29 is 14.7 Å². The minimum absolute atomic E-state index is 0.0900. The molecule has 0 aliphatic carbocycles. The highest BCUT2D eigenvalue weighted by Gasteiger charge is 2.22. The second-order valence-electron chi connectivity index (χ2n) is 4.12. The number of rotatable bonds is 4. The van der Waals surface area contributed by atoms with E-state index in [-0.39, 0.29) is 16.5 Å². The Morgan fingerprint density at radius 3 is 2.76 bits per heavy atom. The Morgan fingerprint density at radius 1 is 1.43 bits per heavy atom. The number of carbonyl (C=O) groups is 2. The zero-order valence-electron chi connectivity index (χ0n) is 10.7. The summed E-state index contributed by atoms with van der Waals surface area (Å²) in [4.78, 5) is 27.0. The summed E-state index contributed by atoms with van der Waals surface area (Å²) in [6.45, 7) is 1.51. The maximum atomic E-state index is 12.1. The van der Waals surface area contributed by atoms with Gasteiger partial charge in [-0.3, -0.25) is 4.79 Å². The topological polar surface area (TPSA) is 97.1 Å².